The molecule has 1 aliphatic heterocycles. The Morgan fingerprint density at radius 1 is 1.32 bits per heavy atom. The van der Waals surface area contributed by atoms with Crippen molar-refractivity contribution in [3.8, 4) is 0 Å². The van der Waals surface area contributed by atoms with Crippen LogP contribution in [0.25, 0.3) is 11.0 Å². The van der Waals surface area contributed by atoms with Gasteiger partial charge in [0.1, 0.15) is 5.52 Å². The molecule has 0 spiro atoms. The van der Waals surface area contributed by atoms with E-state index in [4.69, 9.17) is 4.74 Å². The molecule has 1 aliphatic carbocycles. The van der Waals surface area contributed by atoms with Crippen molar-refractivity contribution < 1.29 is 17.9 Å². The van der Waals surface area contributed by atoms with Gasteiger partial charge < -0.3 is 10.1 Å². The Morgan fingerprint density at radius 3 is 2.89 bits per heavy atom. The molecule has 1 atom stereocenters. The maximum absolute atomic E-state index is 13.1. The molecule has 1 amide bonds. The zero-order chi connectivity index (χ0) is 19.7. The summed E-state index contributed by atoms with van der Waals surface area (Å²) in [7, 11) is -2.08. The summed E-state index contributed by atoms with van der Waals surface area (Å²) in [6.45, 7) is 1.69. The first-order chi connectivity index (χ1) is 13.5. The van der Waals surface area contributed by atoms with Crippen LogP contribution in [0, 0.1) is 5.92 Å². The third-order valence-corrected chi connectivity index (χ3v) is 7.17. The molecule has 1 N–H and O–H groups in total. The van der Waals surface area contributed by atoms with Gasteiger partial charge in [-0.25, -0.2) is 13.1 Å². The van der Waals surface area contributed by atoms with E-state index in [9.17, 15) is 13.2 Å². The van der Waals surface area contributed by atoms with Crippen LogP contribution in [0.15, 0.2) is 23.1 Å². The predicted octanol–water partition coefficient (Wildman–Crippen LogP) is 0.757. The number of hydrogen-bond acceptors (Lipinski definition) is 6. The number of carbonyl (C=O) groups excluding carboxylic acids is 1. The first kappa shape index (κ1) is 19.3. The lowest BCUT2D eigenvalue weighted by atomic mass is 9.99. The first-order valence-corrected chi connectivity index (χ1v) is 11.1. The van der Waals surface area contributed by atoms with Gasteiger partial charge in [0.2, 0.25) is 15.9 Å². The molecule has 2 aliphatic rings. The van der Waals surface area contributed by atoms with Crippen LogP contribution in [0.1, 0.15) is 25.7 Å². The average molecular weight is 407 g/mol. The van der Waals surface area contributed by atoms with E-state index in [1.165, 1.54) is 4.31 Å². The van der Waals surface area contributed by atoms with Crippen LogP contribution in [-0.2, 0) is 26.1 Å². The molecule has 2 fully saturated rings. The number of nitrogens with zero attached hydrogens (tertiary/aromatic N) is 4. The molecular weight excluding hydrogens is 382 g/mol. The Hall–Kier alpha value is -2.04. The maximum atomic E-state index is 13.1. The predicted molar refractivity (Wildman–Crippen MR) is 102 cm³/mol. The highest BCUT2D eigenvalue weighted by molar-refractivity contribution is 7.89. The number of methoxy groups -OCH3 is 1. The molecule has 10 heteroatoms. The van der Waals surface area contributed by atoms with Crippen LogP contribution < -0.4 is 5.32 Å². The molecule has 0 unspecified atom stereocenters. The SMILES string of the molecule is COCCn1nnc2cc(S(=O)(=O)N3CCC[C@H](C(=O)NC4CC4)C3)ccc21. The van der Waals surface area contributed by atoms with E-state index in [0.717, 1.165) is 24.8 Å². The van der Waals surface area contributed by atoms with Crippen molar-refractivity contribution in [2.75, 3.05) is 26.8 Å². The van der Waals surface area contributed by atoms with Gasteiger partial charge in [0.25, 0.3) is 0 Å². The molecule has 0 radical (unpaired) electrons. The second kappa shape index (κ2) is 7.76. The average Bonchev–Trinajstić information content (AvgIpc) is 3.43. The third kappa shape index (κ3) is 3.89. The molecule has 1 saturated carbocycles. The molecule has 28 heavy (non-hydrogen) atoms. The minimum Gasteiger partial charge on any atom is -0.383 e. The van der Waals surface area contributed by atoms with Crippen LogP contribution in [0.5, 0.6) is 0 Å². The van der Waals surface area contributed by atoms with Crippen molar-refractivity contribution in [2.24, 2.45) is 5.92 Å². The number of ether oxygens (including phenoxy) is 1. The summed E-state index contributed by atoms with van der Waals surface area (Å²) in [4.78, 5) is 12.5. The van der Waals surface area contributed by atoms with E-state index in [-0.39, 0.29) is 29.3 Å². The lowest BCUT2D eigenvalue weighted by Crippen LogP contribution is -2.45. The fourth-order valence-electron chi connectivity index (χ4n) is 3.53. The number of aromatic nitrogens is 3. The quantitative estimate of drug-likeness (QED) is 0.726. The molecule has 9 nitrogen and oxygen atoms in total. The van der Waals surface area contributed by atoms with Gasteiger partial charge in [-0.3, -0.25) is 4.79 Å². The molecule has 0 bridgehead atoms. The van der Waals surface area contributed by atoms with Crippen LogP contribution in [0.4, 0.5) is 0 Å². The second-order valence-corrected chi connectivity index (χ2v) is 9.38. The summed E-state index contributed by atoms with van der Waals surface area (Å²) in [5, 5.41) is 11.1. The van der Waals surface area contributed by atoms with Gasteiger partial charge >= 0.3 is 0 Å². The second-order valence-electron chi connectivity index (χ2n) is 7.44. The van der Waals surface area contributed by atoms with Crippen LogP contribution in [0.3, 0.4) is 0 Å². The van der Waals surface area contributed by atoms with Crippen LogP contribution in [0.2, 0.25) is 0 Å². The lowest BCUT2D eigenvalue weighted by Gasteiger charge is -2.31. The van der Waals surface area contributed by atoms with Crippen LogP contribution >= 0.6 is 0 Å². The van der Waals surface area contributed by atoms with Gasteiger partial charge in [-0.15, -0.1) is 5.10 Å². The fourth-order valence-corrected chi connectivity index (χ4v) is 5.07. The summed E-state index contributed by atoms with van der Waals surface area (Å²) in [5.74, 6) is -0.318. The number of amides is 1. The zero-order valence-corrected chi connectivity index (χ0v) is 16.7. The number of benzene rings is 1. The van der Waals surface area contributed by atoms with Gasteiger partial charge in [-0.2, -0.15) is 4.31 Å². The Balaban J connectivity index is 1.52. The largest absolute Gasteiger partial charge is 0.383 e. The number of carbonyl (C=O) groups is 1. The van der Waals surface area contributed by atoms with E-state index in [2.05, 4.69) is 15.6 Å². The molecular formula is C18H25N5O4S. The highest BCUT2D eigenvalue weighted by atomic mass is 32.2. The van der Waals surface area contributed by atoms with Gasteiger partial charge in [-0.1, -0.05) is 5.21 Å². The molecule has 4 rings (SSSR count). The van der Waals surface area contributed by atoms with Crippen molar-refractivity contribution in [1.29, 1.82) is 0 Å². The lowest BCUT2D eigenvalue weighted by molar-refractivity contribution is -0.126. The first-order valence-electron chi connectivity index (χ1n) is 9.62. The summed E-state index contributed by atoms with van der Waals surface area (Å²) in [6, 6.07) is 5.13. The number of rotatable bonds is 7. The fraction of sp³-hybridized carbons (Fsp3) is 0.611. The summed E-state index contributed by atoms with van der Waals surface area (Å²) in [5.41, 5.74) is 1.29. The number of fused-ring (bicyclic) bond motifs is 1. The third-order valence-electron chi connectivity index (χ3n) is 5.31. The van der Waals surface area contributed by atoms with Crippen molar-refractivity contribution in [2.45, 2.75) is 43.2 Å². The molecule has 1 aromatic heterocycles. The number of piperidine rings is 1. The van der Waals surface area contributed by atoms with E-state index in [0.29, 0.717) is 31.6 Å². The Morgan fingerprint density at radius 2 is 2.14 bits per heavy atom. The van der Waals surface area contributed by atoms with Crippen LogP contribution in [-0.4, -0.2) is 66.5 Å². The number of sulfonamides is 1. The highest BCUT2D eigenvalue weighted by Crippen LogP contribution is 2.27. The molecule has 1 aromatic carbocycles. The smallest absolute Gasteiger partial charge is 0.243 e. The van der Waals surface area contributed by atoms with Crippen molar-refractivity contribution in [3.05, 3.63) is 18.2 Å². The molecule has 2 heterocycles. The van der Waals surface area contributed by atoms with Crippen molar-refractivity contribution in [1.82, 2.24) is 24.6 Å². The standard InChI is InChI=1S/C18H25N5O4S/c1-27-10-9-23-17-7-6-15(11-16(17)20-21-23)28(25,26)22-8-2-3-13(12-22)18(24)19-14-4-5-14/h6-7,11,13-14H,2-5,8-10,12H2,1H3,(H,19,24)/t13-/m0/s1. The Bertz CT molecular complexity index is 970. The highest BCUT2D eigenvalue weighted by Gasteiger charge is 2.35. The molecule has 152 valence electrons. The van der Waals surface area contributed by atoms with Gasteiger partial charge in [0.05, 0.1) is 29.5 Å². The van der Waals surface area contributed by atoms with Gasteiger partial charge in [0, 0.05) is 26.2 Å². The van der Waals surface area contributed by atoms with E-state index >= 15 is 0 Å². The zero-order valence-electron chi connectivity index (χ0n) is 15.9. The summed E-state index contributed by atoms with van der Waals surface area (Å²) < 4.78 is 34.4. The van der Waals surface area contributed by atoms with Crippen molar-refractivity contribution in [3.63, 3.8) is 0 Å². The summed E-state index contributed by atoms with van der Waals surface area (Å²) >= 11 is 0. The summed E-state index contributed by atoms with van der Waals surface area (Å²) in [6.07, 6.45) is 3.44. The van der Waals surface area contributed by atoms with Gasteiger partial charge in [-0.05, 0) is 43.9 Å². The van der Waals surface area contributed by atoms with E-state index in [1.807, 2.05) is 0 Å². The number of nitrogens with one attached hydrogen (secondary N) is 1. The van der Waals surface area contributed by atoms with E-state index in [1.54, 1.807) is 30.0 Å². The van der Waals surface area contributed by atoms with Crippen molar-refractivity contribution >= 4 is 27.0 Å². The normalized spacial score (nSPS) is 21.1. The monoisotopic (exact) mass is 407 g/mol. The minimum atomic E-state index is -3.69. The molecule has 1 saturated heterocycles. The Kier molecular flexibility index (Phi) is 5.35. The Labute approximate surface area is 164 Å². The topological polar surface area (TPSA) is 106 Å². The molecule has 2 aromatic rings. The number of hydrogen-bond donors (Lipinski definition) is 1. The van der Waals surface area contributed by atoms with E-state index < -0.39 is 10.0 Å². The maximum Gasteiger partial charge on any atom is 0.243 e. The van der Waals surface area contributed by atoms with Gasteiger partial charge in [0.15, 0.2) is 0 Å². The minimum absolute atomic E-state index is 0.0288.